The summed E-state index contributed by atoms with van der Waals surface area (Å²) in [5, 5.41) is 5.91. The largest absolute Gasteiger partial charge is 0.369 e. The van der Waals surface area contributed by atoms with Gasteiger partial charge in [0.1, 0.15) is 0 Å². The van der Waals surface area contributed by atoms with Crippen LogP contribution >= 0.6 is 11.8 Å². The molecule has 2 unspecified atom stereocenters. The lowest BCUT2D eigenvalue weighted by molar-refractivity contribution is -0.115. The zero-order valence-electron chi connectivity index (χ0n) is 12.8. The molecular weight excluding hydrogens is 298 g/mol. The third-order valence-electron chi connectivity index (χ3n) is 3.78. The topological polar surface area (TPSA) is 84.2 Å². The van der Waals surface area contributed by atoms with Gasteiger partial charge in [-0.05, 0) is 30.9 Å². The highest BCUT2D eigenvalue weighted by Gasteiger charge is 2.20. The summed E-state index contributed by atoms with van der Waals surface area (Å²) in [4.78, 5) is 23.9. The van der Waals surface area contributed by atoms with E-state index in [4.69, 9.17) is 5.73 Å². The lowest BCUT2D eigenvalue weighted by atomic mass is 9.87. The minimum absolute atomic E-state index is 0.189. The lowest BCUT2D eigenvalue weighted by Crippen LogP contribution is -2.40. The van der Waals surface area contributed by atoms with Crippen LogP contribution in [0.2, 0.25) is 0 Å². The molecule has 1 aliphatic carbocycles. The summed E-state index contributed by atoms with van der Waals surface area (Å²) in [6.45, 7) is 2.22. The highest BCUT2D eigenvalue weighted by molar-refractivity contribution is 8.00. The number of nitrogens with one attached hydrogen (secondary N) is 2. The summed E-state index contributed by atoms with van der Waals surface area (Å²) in [6.07, 6.45) is 4.48. The van der Waals surface area contributed by atoms with Crippen molar-refractivity contribution < 1.29 is 9.59 Å². The van der Waals surface area contributed by atoms with E-state index in [2.05, 4.69) is 17.6 Å². The summed E-state index contributed by atoms with van der Waals surface area (Å²) in [6, 6.07) is 7.47. The van der Waals surface area contributed by atoms with Crippen LogP contribution in [0.1, 0.15) is 32.6 Å². The first-order valence-electron chi connectivity index (χ1n) is 7.62. The van der Waals surface area contributed by atoms with E-state index >= 15 is 0 Å². The van der Waals surface area contributed by atoms with Crippen LogP contribution in [0.5, 0.6) is 0 Å². The summed E-state index contributed by atoms with van der Waals surface area (Å²) in [5.41, 5.74) is 5.87. The Labute approximate surface area is 135 Å². The number of nitrogens with two attached hydrogens (primary N) is 1. The van der Waals surface area contributed by atoms with Crippen molar-refractivity contribution in [2.45, 2.75) is 43.5 Å². The quantitative estimate of drug-likeness (QED) is 0.729. The maximum absolute atomic E-state index is 12.2. The van der Waals surface area contributed by atoms with Crippen LogP contribution in [0.3, 0.4) is 0 Å². The van der Waals surface area contributed by atoms with E-state index in [1.165, 1.54) is 18.2 Å². The van der Waals surface area contributed by atoms with Crippen molar-refractivity contribution in [3.05, 3.63) is 24.3 Å². The molecule has 2 rings (SSSR count). The molecule has 0 heterocycles. The summed E-state index contributed by atoms with van der Waals surface area (Å²) in [7, 11) is 0. The minimum atomic E-state index is -0.375. The molecule has 0 saturated heterocycles. The summed E-state index contributed by atoms with van der Waals surface area (Å²) >= 11 is 1.33. The Morgan fingerprint density at radius 2 is 2.09 bits per heavy atom. The van der Waals surface area contributed by atoms with E-state index in [0.717, 1.165) is 24.2 Å². The van der Waals surface area contributed by atoms with E-state index in [1.54, 1.807) is 0 Å². The van der Waals surface area contributed by atoms with Gasteiger partial charge in [-0.15, -0.1) is 11.8 Å². The number of carbonyl (C=O) groups is 2. The van der Waals surface area contributed by atoms with Gasteiger partial charge >= 0.3 is 6.03 Å². The van der Waals surface area contributed by atoms with Crippen molar-refractivity contribution in [1.29, 1.82) is 0 Å². The molecule has 4 N–H and O–H groups in total. The van der Waals surface area contributed by atoms with Crippen molar-refractivity contribution in [2.24, 2.45) is 11.7 Å². The van der Waals surface area contributed by atoms with Gasteiger partial charge in [0, 0.05) is 10.9 Å². The number of amides is 3. The smallest absolute Gasteiger partial charge is 0.319 e. The van der Waals surface area contributed by atoms with E-state index in [-0.39, 0.29) is 23.7 Å². The maximum atomic E-state index is 12.2. The number of carbonyl (C=O) groups excluding carboxylic acids is 2. The monoisotopic (exact) mass is 321 g/mol. The van der Waals surface area contributed by atoms with Crippen LogP contribution in [-0.4, -0.2) is 23.7 Å². The third-order valence-corrected chi connectivity index (χ3v) is 4.87. The average Bonchev–Trinajstić information content (AvgIpc) is 2.46. The Bertz CT molecular complexity index is 536. The number of hydrogen-bond acceptors (Lipinski definition) is 3. The fraction of sp³-hybridized carbons (Fsp3) is 0.500. The molecule has 5 nitrogen and oxygen atoms in total. The van der Waals surface area contributed by atoms with Crippen molar-refractivity contribution in [3.8, 4) is 0 Å². The standard InChI is InChI=1S/C16H23N3O2S/c1-11-5-4-6-12(9-11)18-16(21)19-13-7-2-3-8-14(13)22-10-15(17)20/h2-3,7-8,11-12H,4-6,9-10H2,1H3,(H2,17,20)(H2,18,19,21). The molecule has 2 atom stereocenters. The first-order valence-corrected chi connectivity index (χ1v) is 8.61. The van der Waals surface area contributed by atoms with Crippen molar-refractivity contribution in [1.82, 2.24) is 5.32 Å². The molecule has 120 valence electrons. The molecule has 0 spiro atoms. The number of hydrogen-bond donors (Lipinski definition) is 3. The highest BCUT2D eigenvalue weighted by Crippen LogP contribution is 2.27. The Morgan fingerprint density at radius 3 is 2.82 bits per heavy atom. The van der Waals surface area contributed by atoms with Gasteiger partial charge in [-0.2, -0.15) is 0 Å². The van der Waals surface area contributed by atoms with E-state index in [9.17, 15) is 9.59 Å². The molecule has 22 heavy (non-hydrogen) atoms. The van der Waals surface area contributed by atoms with Gasteiger partial charge in [0.05, 0.1) is 11.4 Å². The van der Waals surface area contributed by atoms with Gasteiger partial charge in [0.2, 0.25) is 5.91 Å². The second-order valence-corrected chi connectivity index (χ2v) is 6.84. The minimum Gasteiger partial charge on any atom is -0.369 e. The van der Waals surface area contributed by atoms with Crippen LogP contribution in [-0.2, 0) is 4.79 Å². The van der Waals surface area contributed by atoms with Crippen LogP contribution in [0, 0.1) is 5.92 Å². The van der Waals surface area contributed by atoms with Crippen molar-refractivity contribution in [2.75, 3.05) is 11.1 Å². The van der Waals surface area contributed by atoms with Gasteiger partial charge in [0.15, 0.2) is 0 Å². The number of anilines is 1. The molecule has 0 aromatic heterocycles. The van der Waals surface area contributed by atoms with Crippen molar-refractivity contribution in [3.63, 3.8) is 0 Å². The molecular formula is C16H23N3O2S. The Morgan fingerprint density at radius 1 is 1.32 bits per heavy atom. The van der Waals surface area contributed by atoms with Gasteiger partial charge in [-0.1, -0.05) is 31.9 Å². The fourth-order valence-electron chi connectivity index (χ4n) is 2.75. The molecule has 6 heteroatoms. The molecule has 0 radical (unpaired) electrons. The number of para-hydroxylation sites is 1. The first-order chi connectivity index (χ1) is 10.5. The van der Waals surface area contributed by atoms with Gasteiger partial charge in [-0.25, -0.2) is 4.79 Å². The van der Waals surface area contributed by atoms with Crippen LogP contribution < -0.4 is 16.4 Å². The van der Waals surface area contributed by atoms with Gasteiger partial charge < -0.3 is 16.4 Å². The number of primary amides is 1. The molecule has 1 aliphatic rings. The lowest BCUT2D eigenvalue weighted by Gasteiger charge is -2.27. The Kier molecular flexibility index (Phi) is 6.12. The second kappa shape index (κ2) is 8.08. The van der Waals surface area contributed by atoms with Crippen molar-refractivity contribution >= 4 is 29.4 Å². The van der Waals surface area contributed by atoms with Crippen LogP contribution in [0.4, 0.5) is 10.5 Å². The molecule has 3 amide bonds. The molecule has 1 fully saturated rings. The predicted octanol–water partition coefficient (Wildman–Crippen LogP) is 2.96. The molecule has 0 aliphatic heterocycles. The normalized spacial score (nSPS) is 21.1. The average molecular weight is 321 g/mol. The first kappa shape index (κ1) is 16.7. The predicted molar refractivity (Wildman–Crippen MR) is 89.9 cm³/mol. The maximum Gasteiger partial charge on any atom is 0.319 e. The number of benzene rings is 1. The number of urea groups is 1. The third kappa shape index (κ3) is 5.26. The number of rotatable bonds is 5. The molecule has 1 aromatic rings. The van der Waals surface area contributed by atoms with E-state index in [1.807, 2.05) is 24.3 Å². The van der Waals surface area contributed by atoms with Crippen LogP contribution in [0.25, 0.3) is 0 Å². The molecule has 1 saturated carbocycles. The Balaban J connectivity index is 1.91. The van der Waals surface area contributed by atoms with E-state index in [0.29, 0.717) is 11.6 Å². The van der Waals surface area contributed by atoms with E-state index < -0.39 is 0 Å². The highest BCUT2D eigenvalue weighted by atomic mass is 32.2. The van der Waals surface area contributed by atoms with Gasteiger partial charge in [0.25, 0.3) is 0 Å². The SMILES string of the molecule is CC1CCCC(NC(=O)Nc2ccccc2SCC(N)=O)C1. The zero-order chi connectivity index (χ0) is 15.9. The Hall–Kier alpha value is -1.69. The molecule has 0 bridgehead atoms. The van der Waals surface area contributed by atoms with Crippen LogP contribution in [0.15, 0.2) is 29.2 Å². The summed E-state index contributed by atoms with van der Waals surface area (Å²) in [5.74, 6) is 0.485. The number of thioether (sulfide) groups is 1. The summed E-state index contributed by atoms with van der Waals surface area (Å²) < 4.78 is 0. The molecule has 1 aromatic carbocycles. The zero-order valence-corrected chi connectivity index (χ0v) is 13.6. The fourth-order valence-corrected chi connectivity index (χ4v) is 3.50. The second-order valence-electron chi connectivity index (χ2n) is 5.82. The van der Waals surface area contributed by atoms with Gasteiger partial charge in [-0.3, -0.25) is 4.79 Å².